The highest BCUT2D eigenvalue weighted by Gasteiger charge is 2.33. The van der Waals surface area contributed by atoms with Crippen molar-refractivity contribution in [2.45, 2.75) is 56.5 Å². The summed E-state index contributed by atoms with van der Waals surface area (Å²) in [5, 5.41) is 34.2. The fraction of sp³-hybridized carbons (Fsp3) is 0.625. The molecule has 0 aromatic rings. The summed E-state index contributed by atoms with van der Waals surface area (Å²) in [4.78, 5) is 69.9. The Morgan fingerprint density at radius 3 is 1.90 bits per heavy atom. The first kappa shape index (κ1) is 28.1. The van der Waals surface area contributed by atoms with Gasteiger partial charge in [-0.15, -0.1) is 0 Å². The molecule has 5 unspecified atom stereocenters. The number of aliphatic carboxylic acids is 2. The number of rotatable bonds is 14. The topological polar surface area (TPSA) is 251 Å². The Bertz CT molecular complexity index is 703. The second kappa shape index (κ2) is 13.4. The highest BCUT2D eigenvalue weighted by Crippen LogP contribution is 2.03. The Balaban J connectivity index is 5.40. The SMILES string of the molecule is CC(O)C(NC(=O)C(CC(=O)O)NC(=O)C(N)CS)C(=O)NC(CCC(N)=O)C(=O)O. The summed E-state index contributed by atoms with van der Waals surface area (Å²) < 4.78 is 0. The average Bonchev–Trinajstić information content (AvgIpc) is 2.66. The standard InChI is InChI=1S/C16H27N5O9S/c1-6(22)12(15(28)19-8(16(29)30)2-3-10(18)23)21-14(27)9(4-11(24)25)20-13(26)7(17)5-31/h6-9,12,22,31H,2-5,17H2,1H3,(H2,18,23)(H,19,28)(H,20,26)(H,21,27)(H,24,25)(H,29,30). The third kappa shape index (κ3) is 10.6. The molecule has 0 aromatic heterocycles. The third-order valence-electron chi connectivity index (χ3n) is 3.90. The van der Waals surface area contributed by atoms with Crippen LogP contribution in [-0.4, -0.2) is 86.9 Å². The predicted molar refractivity (Wildman–Crippen MR) is 108 cm³/mol. The molecule has 0 aliphatic rings. The Morgan fingerprint density at radius 2 is 1.48 bits per heavy atom. The molecule has 0 saturated carbocycles. The second-order valence-electron chi connectivity index (χ2n) is 6.58. The first-order valence-corrected chi connectivity index (χ1v) is 9.61. The number of hydrogen-bond acceptors (Lipinski definition) is 9. The first-order valence-electron chi connectivity index (χ1n) is 8.98. The van der Waals surface area contributed by atoms with Gasteiger partial charge in [0.25, 0.3) is 0 Å². The van der Waals surface area contributed by atoms with E-state index in [-0.39, 0.29) is 18.6 Å². The van der Waals surface area contributed by atoms with E-state index in [2.05, 4.69) is 28.6 Å². The lowest BCUT2D eigenvalue weighted by atomic mass is 10.1. The molecule has 10 N–H and O–H groups in total. The molecule has 15 heteroatoms. The van der Waals surface area contributed by atoms with E-state index in [1.807, 2.05) is 0 Å². The van der Waals surface area contributed by atoms with Gasteiger partial charge < -0.3 is 42.7 Å². The summed E-state index contributed by atoms with van der Waals surface area (Å²) >= 11 is 3.82. The number of carbonyl (C=O) groups excluding carboxylic acids is 4. The van der Waals surface area contributed by atoms with Crippen LogP contribution in [-0.2, 0) is 28.8 Å². The molecule has 0 bridgehead atoms. The van der Waals surface area contributed by atoms with E-state index >= 15 is 0 Å². The van der Waals surface area contributed by atoms with Crippen LogP contribution in [0.4, 0.5) is 0 Å². The first-order chi connectivity index (χ1) is 14.3. The van der Waals surface area contributed by atoms with Gasteiger partial charge in [-0.05, 0) is 13.3 Å². The van der Waals surface area contributed by atoms with Crippen LogP contribution in [0.15, 0.2) is 0 Å². The Labute approximate surface area is 182 Å². The lowest BCUT2D eigenvalue weighted by Gasteiger charge is -2.26. The Morgan fingerprint density at radius 1 is 0.935 bits per heavy atom. The number of thiol groups is 1. The van der Waals surface area contributed by atoms with Gasteiger partial charge in [0.05, 0.1) is 18.6 Å². The minimum Gasteiger partial charge on any atom is -0.481 e. The van der Waals surface area contributed by atoms with Gasteiger partial charge in [0.15, 0.2) is 0 Å². The van der Waals surface area contributed by atoms with Crippen LogP contribution < -0.4 is 27.4 Å². The molecule has 176 valence electrons. The van der Waals surface area contributed by atoms with E-state index in [4.69, 9.17) is 21.7 Å². The normalized spacial score (nSPS) is 15.5. The van der Waals surface area contributed by atoms with Crippen molar-refractivity contribution in [3.63, 3.8) is 0 Å². The number of amides is 4. The number of carboxylic acid groups (broad SMARTS) is 2. The molecule has 0 fully saturated rings. The molecule has 0 aliphatic heterocycles. The number of nitrogens with one attached hydrogen (secondary N) is 3. The third-order valence-corrected chi connectivity index (χ3v) is 4.30. The monoisotopic (exact) mass is 465 g/mol. The predicted octanol–water partition coefficient (Wildman–Crippen LogP) is -4.10. The largest absolute Gasteiger partial charge is 0.481 e. The van der Waals surface area contributed by atoms with Gasteiger partial charge >= 0.3 is 11.9 Å². The van der Waals surface area contributed by atoms with Gasteiger partial charge in [0.1, 0.15) is 18.1 Å². The van der Waals surface area contributed by atoms with Gasteiger partial charge in [-0.2, -0.15) is 12.6 Å². The molecule has 0 spiro atoms. The number of aliphatic hydroxyl groups is 1. The lowest BCUT2D eigenvalue weighted by Crippen LogP contribution is -2.60. The van der Waals surface area contributed by atoms with Crippen molar-refractivity contribution in [2.24, 2.45) is 11.5 Å². The van der Waals surface area contributed by atoms with Crippen LogP contribution in [0.25, 0.3) is 0 Å². The van der Waals surface area contributed by atoms with Crippen LogP contribution in [0.1, 0.15) is 26.2 Å². The molecule has 31 heavy (non-hydrogen) atoms. The molecule has 0 heterocycles. The fourth-order valence-electron chi connectivity index (χ4n) is 2.21. The Kier molecular flexibility index (Phi) is 12.1. The fourth-order valence-corrected chi connectivity index (χ4v) is 2.38. The number of hydrogen-bond donors (Lipinski definition) is 9. The summed E-state index contributed by atoms with van der Waals surface area (Å²) in [5.74, 6) is -6.94. The zero-order valence-electron chi connectivity index (χ0n) is 16.6. The second-order valence-corrected chi connectivity index (χ2v) is 6.94. The van der Waals surface area contributed by atoms with Crippen LogP contribution in [0.5, 0.6) is 0 Å². The van der Waals surface area contributed by atoms with Gasteiger partial charge in [-0.25, -0.2) is 4.79 Å². The van der Waals surface area contributed by atoms with E-state index in [0.717, 1.165) is 6.92 Å². The van der Waals surface area contributed by atoms with E-state index < -0.39 is 72.3 Å². The maximum absolute atomic E-state index is 12.5. The van der Waals surface area contributed by atoms with Gasteiger partial charge in [-0.1, -0.05) is 0 Å². The highest BCUT2D eigenvalue weighted by molar-refractivity contribution is 7.80. The van der Waals surface area contributed by atoms with Crippen LogP contribution in [0.3, 0.4) is 0 Å². The molecule has 4 amide bonds. The molecule has 0 saturated heterocycles. The number of primary amides is 1. The van der Waals surface area contributed by atoms with Crippen LogP contribution in [0, 0.1) is 0 Å². The summed E-state index contributed by atoms with van der Waals surface area (Å²) in [6.07, 6.45) is -3.08. The number of carboxylic acids is 2. The zero-order chi connectivity index (χ0) is 24.3. The van der Waals surface area contributed by atoms with Crippen molar-refractivity contribution in [2.75, 3.05) is 5.75 Å². The van der Waals surface area contributed by atoms with Crippen molar-refractivity contribution in [1.82, 2.24) is 16.0 Å². The van der Waals surface area contributed by atoms with E-state index in [1.165, 1.54) is 0 Å². The van der Waals surface area contributed by atoms with Gasteiger partial charge in [0.2, 0.25) is 23.6 Å². The zero-order valence-corrected chi connectivity index (χ0v) is 17.5. The van der Waals surface area contributed by atoms with E-state index in [1.54, 1.807) is 0 Å². The van der Waals surface area contributed by atoms with Crippen molar-refractivity contribution in [1.29, 1.82) is 0 Å². The van der Waals surface area contributed by atoms with E-state index in [9.17, 15) is 33.9 Å². The molecule has 0 radical (unpaired) electrons. The average molecular weight is 465 g/mol. The minimum absolute atomic E-state index is 0.0895. The van der Waals surface area contributed by atoms with Crippen molar-refractivity contribution >= 4 is 48.2 Å². The molecule has 0 rings (SSSR count). The summed E-state index contributed by atoms with van der Waals surface area (Å²) in [6.45, 7) is 1.12. The van der Waals surface area contributed by atoms with E-state index in [0.29, 0.717) is 0 Å². The smallest absolute Gasteiger partial charge is 0.326 e. The summed E-state index contributed by atoms with van der Waals surface area (Å²) in [6, 6.07) is -6.02. The van der Waals surface area contributed by atoms with Gasteiger partial charge in [0, 0.05) is 12.2 Å². The quantitative estimate of drug-likeness (QED) is 0.112. The molecule has 0 aromatic carbocycles. The molecule has 5 atom stereocenters. The maximum Gasteiger partial charge on any atom is 0.326 e. The molecular formula is C16H27N5O9S. The maximum atomic E-state index is 12.5. The summed E-state index contributed by atoms with van der Waals surface area (Å²) in [7, 11) is 0. The lowest BCUT2D eigenvalue weighted by molar-refractivity contribution is -0.144. The van der Waals surface area contributed by atoms with Gasteiger partial charge in [-0.3, -0.25) is 24.0 Å². The van der Waals surface area contributed by atoms with Crippen LogP contribution in [0.2, 0.25) is 0 Å². The minimum atomic E-state index is -1.70. The molecular weight excluding hydrogens is 438 g/mol. The molecule has 14 nitrogen and oxygen atoms in total. The van der Waals surface area contributed by atoms with Crippen molar-refractivity contribution < 1.29 is 44.1 Å². The van der Waals surface area contributed by atoms with Crippen molar-refractivity contribution in [3.8, 4) is 0 Å². The summed E-state index contributed by atoms with van der Waals surface area (Å²) in [5.41, 5.74) is 10.4. The number of carbonyl (C=O) groups is 6. The van der Waals surface area contributed by atoms with Crippen LogP contribution >= 0.6 is 12.6 Å². The van der Waals surface area contributed by atoms with Crippen molar-refractivity contribution in [3.05, 3.63) is 0 Å². The Hall–Kier alpha value is -2.91. The molecule has 0 aliphatic carbocycles. The highest BCUT2D eigenvalue weighted by atomic mass is 32.1. The number of nitrogens with two attached hydrogens (primary N) is 2. The number of aliphatic hydroxyl groups excluding tert-OH is 1.